The van der Waals surface area contributed by atoms with Crippen LogP contribution in [0.5, 0.6) is 0 Å². The molecule has 1 aliphatic heterocycles. The van der Waals surface area contributed by atoms with Crippen LogP contribution in [0.1, 0.15) is 33.1 Å². The summed E-state index contributed by atoms with van der Waals surface area (Å²) in [4.78, 5) is 13.6. The number of hydrogen-bond donors (Lipinski definition) is 0. The van der Waals surface area contributed by atoms with Crippen LogP contribution in [-0.2, 0) is 9.47 Å². The SMILES string of the molecule is CCC#CCOC1C(Br)CCCN1C(=O)OCC. The van der Waals surface area contributed by atoms with Crippen LogP contribution < -0.4 is 0 Å². The minimum absolute atomic E-state index is 0.138. The van der Waals surface area contributed by atoms with Crippen LogP contribution in [0.15, 0.2) is 0 Å². The summed E-state index contributed by atoms with van der Waals surface area (Å²) in [5, 5.41) is 0. The lowest BCUT2D eigenvalue weighted by Gasteiger charge is -2.37. The Kier molecular flexibility index (Phi) is 7.14. The number of halogens is 1. The fraction of sp³-hybridized carbons (Fsp3) is 0.769. The highest BCUT2D eigenvalue weighted by Crippen LogP contribution is 2.25. The second-order valence-corrected chi connectivity index (χ2v) is 5.14. The summed E-state index contributed by atoms with van der Waals surface area (Å²) >= 11 is 3.56. The van der Waals surface area contributed by atoms with Crippen molar-refractivity contribution in [3.8, 4) is 11.8 Å². The van der Waals surface area contributed by atoms with E-state index in [4.69, 9.17) is 9.47 Å². The second kappa shape index (κ2) is 8.39. The lowest BCUT2D eigenvalue weighted by molar-refractivity contribution is -0.0543. The van der Waals surface area contributed by atoms with E-state index in [1.807, 2.05) is 6.92 Å². The third-order valence-electron chi connectivity index (χ3n) is 2.63. The van der Waals surface area contributed by atoms with E-state index in [0.717, 1.165) is 19.3 Å². The summed E-state index contributed by atoms with van der Waals surface area (Å²) in [5.74, 6) is 5.87. The third-order valence-corrected chi connectivity index (χ3v) is 3.54. The van der Waals surface area contributed by atoms with Crippen molar-refractivity contribution in [2.24, 2.45) is 0 Å². The molecule has 0 saturated carbocycles. The van der Waals surface area contributed by atoms with Crippen molar-refractivity contribution in [3.05, 3.63) is 0 Å². The minimum atomic E-state index is -0.310. The van der Waals surface area contributed by atoms with Gasteiger partial charge in [0.2, 0.25) is 0 Å². The fourth-order valence-corrected chi connectivity index (χ4v) is 2.58. The molecule has 1 fully saturated rings. The molecule has 1 saturated heterocycles. The Morgan fingerprint density at radius 1 is 1.44 bits per heavy atom. The molecule has 0 aromatic heterocycles. The summed E-state index contributed by atoms with van der Waals surface area (Å²) in [6.07, 6.45) is 2.16. The third kappa shape index (κ3) is 4.51. The molecule has 4 nitrogen and oxygen atoms in total. The predicted molar refractivity (Wildman–Crippen MR) is 73.5 cm³/mol. The Hall–Kier alpha value is -0.730. The molecular weight excluding hydrogens is 298 g/mol. The van der Waals surface area contributed by atoms with E-state index in [2.05, 4.69) is 27.8 Å². The highest BCUT2D eigenvalue weighted by Gasteiger charge is 2.34. The van der Waals surface area contributed by atoms with Gasteiger partial charge < -0.3 is 9.47 Å². The number of alkyl halides is 1. The summed E-state index contributed by atoms with van der Waals surface area (Å²) < 4.78 is 10.7. The first-order valence-electron chi connectivity index (χ1n) is 6.35. The van der Waals surface area contributed by atoms with Crippen LogP contribution >= 0.6 is 15.9 Å². The van der Waals surface area contributed by atoms with Gasteiger partial charge in [0.1, 0.15) is 12.8 Å². The first kappa shape index (κ1) is 15.3. The monoisotopic (exact) mass is 317 g/mol. The van der Waals surface area contributed by atoms with Crippen molar-refractivity contribution in [2.75, 3.05) is 19.8 Å². The quantitative estimate of drug-likeness (QED) is 0.593. The molecule has 1 heterocycles. The van der Waals surface area contributed by atoms with E-state index in [1.165, 1.54) is 0 Å². The Bertz CT molecular complexity index is 324. The van der Waals surface area contributed by atoms with Gasteiger partial charge in [-0.2, -0.15) is 0 Å². The Morgan fingerprint density at radius 3 is 2.89 bits per heavy atom. The maximum absolute atomic E-state index is 11.8. The van der Waals surface area contributed by atoms with E-state index in [9.17, 15) is 4.79 Å². The van der Waals surface area contributed by atoms with E-state index >= 15 is 0 Å². The van der Waals surface area contributed by atoms with Crippen LogP contribution in [-0.4, -0.2) is 41.8 Å². The number of carbonyl (C=O) groups excluding carboxylic acids is 1. The van der Waals surface area contributed by atoms with Crippen molar-refractivity contribution in [3.63, 3.8) is 0 Å². The molecule has 1 rings (SSSR count). The Labute approximate surface area is 117 Å². The molecule has 2 unspecified atom stereocenters. The molecule has 5 heteroatoms. The van der Waals surface area contributed by atoms with Gasteiger partial charge in [0, 0.05) is 13.0 Å². The lowest BCUT2D eigenvalue weighted by Crippen LogP contribution is -2.50. The number of hydrogen-bond acceptors (Lipinski definition) is 3. The Balaban J connectivity index is 2.58. The van der Waals surface area contributed by atoms with Crippen molar-refractivity contribution in [1.82, 2.24) is 4.90 Å². The predicted octanol–water partition coefficient (Wildman–Crippen LogP) is 2.76. The first-order valence-corrected chi connectivity index (χ1v) is 7.27. The summed E-state index contributed by atoms with van der Waals surface area (Å²) in [7, 11) is 0. The van der Waals surface area contributed by atoms with Gasteiger partial charge in [-0.05, 0) is 19.8 Å². The number of nitrogens with zero attached hydrogens (tertiary/aromatic N) is 1. The molecular formula is C13H20BrNO3. The average Bonchev–Trinajstić information content (AvgIpc) is 2.36. The van der Waals surface area contributed by atoms with E-state index in [1.54, 1.807) is 11.8 Å². The molecule has 2 atom stereocenters. The highest BCUT2D eigenvalue weighted by atomic mass is 79.9. The number of amides is 1. The van der Waals surface area contributed by atoms with Crippen LogP contribution in [0.2, 0.25) is 0 Å². The molecule has 0 aromatic carbocycles. The highest BCUT2D eigenvalue weighted by molar-refractivity contribution is 9.09. The molecule has 0 spiro atoms. The van der Waals surface area contributed by atoms with Crippen molar-refractivity contribution in [1.29, 1.82) is 0 Å². The van der Waals surface area contributed by atoms with Crippen LogP contribution in [0.4, 0.5) is 4.79 Å². The molecule has 18 heavy (non-hydrogen) atoms. The standard InChI is InChI=1S/C13H20BrNO3/c1-3-5-6-10-18-12-11(14)8-7-9-15(12)13(16)17-4-2/h11-12H,3-4,7-10H2,1-2H3. The topological polar surface area (TPSA) is 38.8 Å². The largest absolute Gasteiger partial charge is 0.450 e. The van der Waals surface area contributed by atoms with Crippen molar-refractivity contribution < 1.29 is 14.3 Å². The molecule has 0 N–H and O–H groups in total. The molecule has 1 aliphatic rings. The van der Waals surface area contributed by atoms with Crippen LogP contribution in [0.3, 0.4) is 0 Å². The first-order chi connectivity index (χ1) is 8.70. The number of rotatable bonds is 3. The van der Waals surface area contributed by atoms with E-state index in [0.29, 0.717) is 19.8 Å². The zero-order valence-corrected chi connectivity index (χ0v) is 12.5. The van der Waals surface area contributed by atoms with Gasteiger partial charge in [0.25, 0.3) is 0 Å². The molecule has 102 valence electrons. The molecule has 0 bridgehead atoms. The van der Waals surface area contributed by atoms with Gasteiger partial charge >= 0.3 is 6.09 Å². The molecule has 0 aromatic rings. The molecule has 0 aliphatic carbocycles. The van der Waals surface area contributed by atoms with Crippen LogP contribution in [0, 0.1) is 11.8 Å². The fourth-order valence-electron chi connectivity index (χ4n) is 1.82. The maximum atomic E-state index is 11.8. The summed E-state index contributed by atoms with van der Waals surface area (Å²) in [5.41, 5.74) is 0. The zero-order chi connectivity index (χ0) is 13.4. The van der Waals surface area contributed by atoms with E-state index < -0.39 is 0 Å². The van der Waals surface area contributed by atoms with E-state index in [-0.39, 0.29) is 17.1 Å². The normalized spacial score (nSPS) is 23.2. The number of likely N-dealkylation sites (tertiary alicyclic amines) is 1. The summed E-state index contributed by atoms with van der Waals surface area (Å²) in [6.45, 7) is 5.19. The molecule has 1 amide bonds. The van der Waals surface area contributed by atoms with Gasteiger partial charge in [0.05, 0.1) is 11.4 Å². The van der Waals surface area contributed by atoms with Gasteiger partial charge in [-0.3, -0.25) is 4.90 Å². The van der Waals surface area contributed by atoms with Crippen LogP contribution in [0.25, 0.3) is 0 Å². The van der Waals surface area contributed by atoms with Gasteiger partial charge in [-0.15, -0.1) is 5.92 Å². The zero-order valence-electron chi connectivity index (χ0n) is 10.9. The van der Waals surface area contributed by atoms with Gasteiger partial charge in [-0.1, -0.05) is 28.8 Å². The molecule has 0 radical (unpaired) electrons. The van der Waals surface area contributed by atoms with Crippen molar-refractivity contribution in [2.45, 2.75) is 44.2 Å². The van der Waals surface area contributed by atoms with Crippen molar-refractivity contribution >= 4 is 22.0 Å². The smallest absolute Gasteiger partial charge is 0.411 e. The van der Waals surface area contributed by atoms with Gasteiger partial charge in [-0.25, -0.2) is 4.79 Å². The lowest BCUT2D eigenvalue weighted by atomic mass is 10.1. The average molecular weight is 318 g/mol. The number of carbonyl (C=O) groups is 1. The number of piperidine rings is 1. The summed E-state index contributed by atoms with van der Waals surface area (Å²) in [6, 6.07) is 0. The minimum Gasteiger partial charge on any atom is -0.450 e. The second-order valence-electron chi connectivity index (χ2n) is 3.96. The van der Waals surface area contributed by atoms with Gasteiger partial charge in [0.15, 0.2) is 0 Å². The Morgan fingerprint density at radius 2 is 2.22 bits per heavy atom. The number of ether oxygens (including phenoxy) is 2. The maximum Gasteiger partial charge on any atom is 0.411 e.